The molecule has 108 valence electrons. The summed E-state index contributed by atoms with van der Waals surface area (Å²) in [7, 11) is 0. The number of nitrogens with one attached hydrogen (secondary N) is 2. The number of carboxylic acids is 1. The molecule has 0 heterocycles. The minimum absolute atomic E-state index is 0.0204. The summed E-state index contributed by atoms with van der Waals surface area (Å²) in [6.45, 7) is 1.62. The van der Waals surface area contributed by atoms with Crippen molar-refractivity contribution in [2.45, 2.75) is 51.2 Å². The summed E-state index contributed by atoms with van der Waals surface area (Å²) in [5, 5.41) is 13.7. The summed E-state index contributed by atoms with van der Waals surface area (Å²) >= 11 is 0. The topological polar surface area (TPSA) is 122 Å². The molecule has 2 atom stereocenters. The minimum atomic E-state index is -1.13. The van der Waals surface area contributed by atoms with Gasteiger partial charge in [0.1, 0.15) is 0 Å². The number of carbonyl (C=O) groups excluding carboxylic acids is 2. The second kappa shape index (κ2) is 7.08. The molecule has 0 aromatic heterocycles. The maximum atomic E-state index is 11.8. The van der Waals surface area contributed by atoms with E-state index in [-0.39, 0.29) is 11.8 Å². The Labute approximate surface area is 111 Å². The number of hydrogen-bond acceptors (Lipinski definition) is 4. The minimum Gasteiger partial charge on any atom is -0.481 e. The van der Waals surface area contributed by atoms with E-state index in [4.69, 9.17) is 10.8 Å². The van der Waals surface area contributed by atoms with Crippen LogP contribution in [0.3, 0.4) is 0 Å². The molecule has 0 aromatic rings. The Kier molecular flexibility index (Phi) is 5.75. The Morgan fingerprint density at radius 3 is 2.37 bits per heavy atom. The fourth-order valence-electron chi connectivity index (χ4n) is 2.16. The van der Waals surface area contributed by atoms with Crippen LogP contribution in [0.4, 0.5) is 0 Å². The first-order valence-electron chi connectivity index (χ1n) is 6.48. The van der Waals surface area contributed by atoms with Gasteiger partial charge in [0.2, 0.25) is 11.8 Å². The molecule has 2 amide bonds. The van der Waals surface area contributed by atoms with Crippen molar-refractivity contribution >= 4 is 17.8 Å². The highest BCUT2D eigenvalue weighted by Crippen LogP contribution is 2.24. The second-order valence-electron chi connectivity index (χ2n) is 4.92. The second-order valence-corrected chi connectivity index (χ2v) is 4.92. The first-order valence-corrected chi connectivity index (χ1v) is 6.48. The van der Waals surface area contributed by atoms with Crippen LogP contribution < -0.4 is 16.4 Å². The van der Waals surface area contributed by atoms with Gasteiger partial charge in [-0.15, -0.1) is 0 Å². The number of nitrogens with two attached hydrogens (primary N) is 1. The van der Waals surface area contributed by atoms with Crippen molar-refractivity contribution in [2.24, 2.45) is 11.7 Å². The molecule has 1 saturated carbocycles. The van der Waals surface area contributed by atoms with Crippen molar-refractivity contribution in [3.05, 3.63) is 0 Å². The van der Waals surface area contributed by atoms with E-state index in [1.165, 1.54) is 0 Å². The van der Waals surface area contributed by atoms with E-state index < -0.39 is 30.5 Å². The van der Waals surface area contributed by atoms with E-state index >= 15 is 0 Å². The molecule has 1 fully saturated rings. The molecule has 0 spiro atoms. The van der Waals surface area contributed by atoms with Crippen LogP contribution >= 0.6 is 0 Å². The summed E-state index contributed by atoms with van der Waals surface area (Å²) in [5.74, 6) is -1.77. The van der Waals surface area contributed by atoms with Gasteiger partial charge in [0.25, 0.3) is 0 Å². The van der Waals surface area contributed by atoms with E-state index in [1.54, 1.807) is 6.92 Å². The van der Waals surface area contributed by atoms with Crippen LogP contribution in [-0.4, -0.2) is 35.1 Å². The summed E-state index contributed by atoms with van der Waals surface area (Å²) in [4.78, 5) is 33.8. The normalized spacial score (nSPS) is 18.6. The van der Waals surface area contributed by atoms with Crippen molar-refractivity contribution in [1.82, 2.24) is 10.6 Å². The van der Waals surface area contributed by atoms with Gasteiger partial charge in [0.15, 0.2) is 0 Å². The van der Waals surface area contributed by atoms with Crippen molar-refractivity contribution in [1.29, 1.82) is 0 Å². The SMILES string of the molecule is C[C@H](NC(=O)C1CCCC1)NC(=O)[C@@H](N)CC(=O)O. The van der Waals surface area contributed by atoms with Crippen molar-refractivity contribution in [3.63, 3.8) is 0 Å². The standard InChI is InChI=1S/C12H21N3O4/c1-7(14-11(18)8-4-2-3-5-8)15-12(19)9(13)6-10(16)17/h7-9H,2-6,13H2,1H3,(H,14,18)(H,15,19)(H,16,17)/t7-,9+/m1/s1. The number of hydrogen-bond donors (Lipinski definition) is 4. The van der Waals surface area contributed by atoms with Crippen LogP contribution in [0.1, 0.15) is 39.0 Å². The summed E-state index contributed by atoms with van der Waals surface area (Å²) < 4.78 is 0. The Bertz CT molecular complexity index is 353. The third kappa shape index (κ3) is 5.25. The summed E-state index contributed by atoms with van der Waals surface area (Å²) in [6.07, 6.45) is 2.89. The Morgan fingerprint density at radius 2 is 1.84 bits per heavy atom. The molecular formula is C12H21N3O4. The van der Waals surface area contributed by atoms with Crippen molar-refractivity contribution in [2.75, 3.05) is 0 Å². The highest BCUT2D eigenvalue weighted by molar-refractivity contribution is 5.86. The average molecular weight is 271 g/mol. The van der Waals surface area contributed by atoms with Gasteiger partial charge in [-0.25, -0.2) is 0 Å². The molecule has 19 heavy (non-hydrogen) atoms. The largest absolute Gasteiger partial charge is 0.481 e. The highest BCUT2D eigenvalue weighted by Gasteiger charge is 2.25. The van der Waals surface area contributed by atoms with Crippen LogP contribution in [0.15, 0.2) is 0 Å². The lowest BCUT2D eigenvalue weighted by Crippen LogP contribution is -2.52. The van der Waals surface area contributed by atoms with E-state index in [1.807, 2.05) is 0 Å². The molecular weight excluding hydrogens is 250 g/mol. The van der Waals surface area contributed by atoms with Gasteiger partial charge >= 0.3 is 5.97 Å². The Morgan fingerprint density at radius 1 is 1.26 bits per heavy atom. The molecule has 1 aliphatic rings. The average Bonchev–Trinajstić information content (AvgIpc) is 2.80. The third-order valence-electron chi connectivity index (χ3n) is 3.17. The number of carbonyl (C=O) groups is 3. The zero-order valence-electron chi connectivity index (χ0n) is 11.0. The number of rotatable bonds is 6. The lowest BCUT2D eigenvalue weighted by atomic mass is 10.1. The maximum absolute atomic E-state index is 11.8. The quantitative estimate of drug-likeness (QED) is 0.488. The fourth-order valence-corrected chi connectivity index (χ4v) is 2.16. The lowest BCUT2D eigenvalue weighted by Gasteiger charge is -2.19. The van der Waals surface area contributed by atoms with Gasteiger partial charge in [-0.1, -0.05) is 12.8 Å². The molecule has 0 aliphatic heterocycles. The molecule has 0 saturated heterocycles. The van der Waals surface area contributed by atoms with Crippen LogP contribution in [0.25, 0.3) is 0 Å². The molecule has 1 rings (SSSR count). The van der Waals surface area contributed by atoms with Crippen molar-refractivity contribution in [3.8, 4) is 0 Å². The molecule has 0 aromatic carbocycles. The van der Waals surface area contributed by atoms with Gasteiger partial charge in [0.05, 0.1) is 18.6 Å². The van der Waals surface area contributed by atoms with Crippen LogP contribution in [0.2, 0.25) is 0 Å². The zero-order chi connectivity index (χ0) is 14.4. The monoisotopic (exact) mass is 271 g/mol. The van der Waals surface area contributed by atoms with Gasteiger partial charge in [0, 0.05) is 5.92 Å². The van der Waals surface area contributed by atoms with Gasteiger partial charge in [-0.2, -0.15) is 0 Å². The first kappa shape index (κ1) is 15.4. The zero-order valence-corrected chi connectivity index (χ0v) is 11.0. The van der Waals surface area contributed by atoms with Gasteiger partial charge in [-0.05, 0) is 19.8 Å². The first-order chi connectivity index (χ1) is 8.90. The van der Waals surface area contributed by atoms with E-state index in [9.17, 15) is 14.4 Å². The molecule has 0 radical (unpaired) electrons. The Hall–Kier alpha value is -1.63. The van der Waals surface area contributed by atoms with Crippen LogP contribution in [-0.2, 0) is 14.4 Å². The highest BCUT2D eigenvalue weighted by atomic mass is 16.4. The van der Waals surface area contributed by atoms with E-state index in [2.05, 4.69) is 10.6 Å². The maximum Gasteiger partial charge on any atom is 0.305 e. The van der Waals surface area contributed by atoms with Gasteiger partial charge < -0.3 is 21.5 Å². The molecule has 7 nitrogen and oxygen atoms in total. The number of aliphatic carboxylic acids is 1. The summed E-state index contributed by atoms with van der Waals surface area (Å²) in [5.41, 5.74) is 5.41. The molecule has 5 N–H and O–H groups in total. The smallest absolute Gasteiger partial charge is 0.305 e. The van der Waals surface area contributed by atoms with Gasteiger partial charge in [-0.3, -0.25) is 14.4 Å². The molecule has 7 heteroatoms. The fraction of sp³-hybridized carbons (Fsp3) is 0.750. The lowest BCUT2D eigenvalue weighted by molar-refractivity contribution is -0.139. The summed E-state index contributed by atoms with van der Waals surface area (Å²) in [6, 6.07) is -1.11. The number of carboxylic acid groups (broad SMARTS) is 1. The predicted octanol–water partition coefficient (Wildman–Crippen LogP) is -0.443. The molecule has 0 unspecified atom stereocenters. The van der Waals surface area contributed by atoms with Crippen LogP contribution in [0.5, 0.6) is 0 Å². The van der Waals surface area contributed by atoms with Crippen molar-refractivity contribution < 1.29 is 19.5 Å². The Balaban J connectivity index is 2.33. The predicted molar refractivity (Wildman–Crippen MR) is 67.9 cm³/mol. The van der Waals surface area contributed by atoms with Crippen LogP contribution in [0, 0.1) is 5.92 Å². The van der Waals surface area contributed by atoms with E-state index in [0.717, 1.165) is 25.7 Å². The number of amides is 2. The molecule has 1 aliphatic carbocycles. The third-order valence-corrected chi connectivity index (χ3v) is 3.17. The van der Waals surface area contributed by atoms with E-state index in [0.29, 0.717) is 0 Å². The molecule has 0 bridgehead atoms.